The van der Waals surface area contributed by atoms with E-state index in [0.717, 1.165) is 18.2 Å². The molecular weight excluding hydrogens is 369 g/mol. The Bertz CT molecular complexity index is 914. The third-order valence-corrected chi connectivity index (χ3v) is 5.51. The van der Waals surface area contributed by atoms with Crippen molar-refractivity contribution in [2.24, 2.45) is 0 Å². The van der Waals surface area contributed by atoms with Crippen molar-refractivity contribution >= 4 is 21.6 Å². The molecule has 0 saturated carbocycles. The van der Waals surface area contributed by atoms with E-state index >= 15 is 0 Å². The Kier molecular flexibility index (Phi) is 4.76. The van der Waals surface area contributed by atoms with Crippen LogP contribution in [0.2, 0.25) is 0 Å². The van der Waals surface area contributed by atoms with Gasteiger partial charge in [0.25, 0.3) is 0 Å². The summed E-state index contributed by atoms with van der Waals surface area (Å²) in [4.78, 5) is 13.4. The molecule has 0 aliphatic carbocycles. The Morgan fingerprint density at radius 1 is 1.04 bits per heavy atom. The highest BCUT2D eigenvalue weighted by Gasteiger charge is 2.36. The lowest BCUT2D eigenvalue weighted by Crippen LogP contribution is -2.41. The van der Waals surface area contributed by atoms with Crippen LogP contribution in [0.3, 0.4) is 0 Å². The number of hydrogen-bond acceptors (Lipinski definition) is 3. The summed E-state index contributed by atoms with van der Waals surface area (Å²) in [6.45, 7) is 0.318. The fraction of sp³-hybridized carbons (Fsp3) is 0.235. The number of para-hydroxylation sites is 1. The normalized spacial score (nSPS) is 18.3. The average molecular weight is 384 g/mol. The molecule has 1 amide bonds. The van der Waals surface area contributed by atoms with E-state index in [-0.39, 0.29) is 6.42 Å². The number of benzene rings is 2. The molecule has 3 rings (SSSR count). The molecule has 26 heavy (non-hydrogen) atoms. The molecule has 2 aromatic rings. The molecule has 2 aromatic carbocycles. The van der Waals surface area contributed by atoms with Gasteiger partial charge in [0, 0.05) is 12.2 Å². The van der Waals surface area contributed by atoms with Crippen molar-refractivity contribution in [3.05, 3.63) is 60.2 Å². The molecule has 0 radical (unpaired) electrons. The van der Waals surface area contributed by atoms with Crippen LogP contribution in [-0.4, -0.2) is 26.9 Å². The smallest absolute Gasteiger partial charge is 0.311 e. The number of anilines is 1. The summed E-state index contributed by atoms with van der Waals surface area (Å²) in [6, 6.07) is 11.1. The first kappa shape index (κ1) is 18.4. The summed E-state index contributed by atoms with van der Waals surface area (Å²) in [6.07, 6.45) is -4.43. The van der Waals surface area contributed by atoms with Crippen LogP contribution in [-0.2, 0) is 21.0 Å². The Morgan fingerprint density at radius 3 is 2.38 bits per heavy atom. The van der Waals surface area contributed by atoms with Gasteiger partial charge in [0.1, 0.15) is 6.04 Å². The van der Waals surface area contributed by atoms with Crippen LogP contribution in [0.4, 0.5) is 18.9 Å². The SMILES string of the molecule is O=C1[C@H](NS(=O)(=O)c2cccc(C(F)(F)F)c2)CCN1c1ccccc1. The lowest BCUT2D eigenvalue weighted by atomic mass is 10.2. The van der Waals surface area contributed by atoms with Gasteiger partial charge < -0.3 is 4.90 Å². The zero-order valence-electron chi connectivity index (χ0n) is 13.4. The van der Waals surface area contributed by atoms with Gasteiger partial charge in [-0.15, -0.1) is 0 Å². The highest BCUT2D eigenvalue weighted by Crippen LogP contribution is 2.30. The molecule has 0 aromatic heterocycles. The minimum Gasteiger partial charge on any atom is -0.311 e. The fourth-order valence-corrected chi connectivity index (χ4v) is 4.02. The van der Waals surface area contributed by atoms with Crippen molar-refractivity contribution in [3.8, 4) is 0 Å². The quantitative estimate of drug-likeness (QED) is 0.882. The van der Waals surface area contributed by atoms with E-state index < -0.39 is 38.6 Å². The highest BCUT2D eigenvalue weighted by atomic mass is 32.2. The van der Waals surface area contributed by atoms with Gasteiger partial charge in [0.2, 0.25) is 15.9 Å². The monoisotopic (exact) mass is 384 g/mol. The number of carbonyl (C=O) groups is 1. The topological polar surface area (TPSA) is 66.5 Å². The van der Waals surface area contributed by atoms with Gasteiger partial charge >= 0.3 is 6.18 Å². The maximum atomic E-state index is 12.8. The zero-order valence-corrected chi connectivity index (χ0v) is 14.2. The molecule has 138 valence electrons. The molecule has 1 aliphatic heterocycles. The third-order valence-electron chi connectivity index (χ3n) is 4.04. The van der Waals surface area contributed by atoms with Crippen LogP contribution in [0.25, 0.3) is 0 Å². The van der Waals surface area contributed by atoms with E-state index in [4.69, 9.17) is 0 Å². The van der Waals surface area contributed by atoms with Crippen molar-refractivity contribution in [3.63, 3.8) is 0 Å². The summed E-state index contributed by atoms with van der Waals surface area (Å²) in [5.41, 5.74) is -0.428. The molecular formula is C17H15F3N2O3S. The number of sulfonamides is 1. The zero-order chi connectivity index (χ0) is 18.9. The molecule has 0 unspecified atom stereocenters. The van der Waals surface area contributed by atoms with Crippen LogP contribution in [0.15, 0.2) is 59.5 Å². The number of amides is 1. The first-order chi connectivity index (χ1) is 12.2. The molecule has 1 atom stereocenters. The predicted octanol–water partition coefficient (Wildman–Crippen LogP) is 2.79. The Labute approximate surface area is 148 Å². The maximum Gasteiger partial charge on any atom is 0.416 e. The second-order valence-corrected chi connectivity index (χ2v) is 7.53. The number of alkyl halides is 3. The van der Waals surface area contributed by atoms with Crippen LogP contribution >= 0.6 is 0 Å². The van der Waals surface area contributed by atoms with Gasteiger partial charge in [0.05, 0.1) is 10.5 Å². The van der Waals surface area contributed by atoms with Crippen LogP contribution < -0.4 is 9.62 Å². The fourth-order valence-electron chi connectivity index (χ4n) is 2.75. The Hall–Kier alpha value is -2.39. The summed E-state index contributed by atoms with van der Waals surface area (Å²) < 4.78 is 65.4. The van der Waals surface area contributed by atoms with Gasteiger partial charge in [-0.25, -0.2) is 8.42 Å². The van der Waals surface area contributed by atoms with Gasteiger partial charge in [-0.1, -0.05) is 24.3 Å². The standard InChI is InChI=1S/C17H15F3N2O3S/c18-17(19,20)12-5-4-8-14(11-12)26(24,25)21-15-9-10-22(16(15)23)13-6-2-1-3-7-13/h1-8,11,15,21H,9-10H2/t15-/m1/s1. The number of nitrogens with zero attached hydrogens (tertiary/aromatic N) is 1. The molecule has 0 bridgehead atoms. The number of carbonyl (C=O) groups excluding carboxylic acids is 1. The van der Waals surface area contributed by atoms with Gasteiger partial charge in [-0.3, -0.25) is 4.79 Å². The van der Waals surface area contributed by atoms with E-state index in [1.165, 1.54) is 4.90 Å². The summed E-state index contributed by atoms with van der Waals surface area (Å²) >= 11 is 0. The van der Waals surface area contributed by atoms with Crippen molar-refractivity contribution in [2.45, 2.75) is 23.5 Å². The molecule has 1 heterocycles. The van der Waals surface area contributed by atoms with E-state index in [9.17, 15) is 26.4 Å². The van der Waals surface area contributed by atoms with Gasteiger partial charge in [-0.05, 0) is 36.8 Å². The van der Waals surface area contributed by atoms with E-state index in [1.54, 1.807) is 30.3 Å². The molecule has 9 heteroatoms. The minimum atomic E-state index is -4.65. The van der Waals surface area contributed by atoms with Crippen molar-refractivity contribution in [2.75, 3.05) is 11.4 Å². The predicted molar refractivity (Wildman–Crippen MR) is 89.0 cm³/mol. The van der Waals surface area contributed by atoms with E-state index in [2.05, 4.69) is 4.72 Å². The second kappa shape index (κ2) is 6.73. The Balaban J connectivity index is 1.80. The summed E-state index contributed by atoms with van der Waals surface area (Å²) in [5, 5.41) is 0. The first-order valence-corrected chi connectivity index (χ1v) is 9.23. The largest absolute Gasteiger partial charge is 0.416 e. The molecule has 1 fully saturated rings. The van der Waals surface area contributed by atoms with Crippen LogP contribution in [0, 0.1) is 0 Å². The molecule has 1 aliphatic rings. The number of nitrogens with one attached hydrogen (secondary N) is 1. The average Bonchev–Trinajstić information content (AvgIpc) is 2.95. The lowest BCUT2D eigenvalue weighted by Gasteiger charge is -2.17. The van der Waals surface area contributed by atoms with Gasteiger partial charge in [0.15, 0.2) is 0 Å². The van der Waals surface area contributed by atoms with Crippen molar-refractivity contribution in [1.82, 2.24) is 4.72 Å². The van der Waals surface area contributed by atoms with Gasteiger partial charge in [-0.2, -0.15) is 17.9 Å². The third kappa shape index (κ3) is 3.73. The first-order valence-electron chi connectivity index (χ1n) is 7.74. The lowest BCUT2D eigenvalue weighted by molar-refractivity contribution is -0.137. The minimum absolute atomic E-state index is 0.228. The molecule has 1 N–H and O–H groups in total. The van der Waals surface area contributed by atoms with Crippen molar-refractivity contribution < 1.29 is 26.4 Å². The van der Waals surface area contributed by atoms with Crippen molar-refractivity contribution in [1.29, 1.82) is 0 Å². The highest BCUT2D eigenvalue weighted by molar-refractivity contribution is 7.89. The van der Waals surface area contributed by atoms with E-state index in [1.807, 2.05) is 0 Å². The molecule has 5 nitrogen and oxygen atoms in total. The number of halogens is 3. The van der Waals surface area contributed by atoms with Crippen LogP contribution in [0.5, 0.6) is 0 Å². The van der Waals surface area contributed by atoms with E-state index in [0.29, 0.717) is 18.3 Å². The summed E-state index contributed by atoms with van der Waals surface area (Å²) in [7, 11) is -4.26. The number of rotatable bonds is 4. The second-order valence-electron chi connectivity index (χ2n) is 5.81. The molecule has 0 spiro atoms. The molecule has 1 saturated heterocycles. The maximum absolute atomic E-state index is 12.8. The Morgan fingerprint density at radius 2 is 1.73 bits per heavy atom. The summed E-state index contributed by atoms with van der Waals surface area (Å²) in [5.74, 6) is -0.438. The van der Waals surface area contributed by atoms with Crippen LogP contribution in [0.1, 0.15) is 12.0 Å². The number of hydrogen-bond donors (Lipinski definition) is 1.